The Labute approximate surface area is 208 Å². The lowest BCUT2D eigenvalue weighted by Gasteiger charge is -2.27. The number of hydrogen-bond donors (Lipinski definition) is 1. The van der Waals surface area contributed by atoms with Crippen molar-refractivity contribution in [3.05, 3.63) is 53.6 Å². The highest BCUT2D eigenvalue weighted by Gasteiger charge is 2.21. The molecule has 1 saturated heterocycles. The van der Waals surface area contributed by atoms with Gasteiger partial charge in [-0.3, -0.25) is 9.59 Å². The third-order valence-electron chi connectivity index (χ3n) is 6.14. The summed E-state index contributed by atoms with van der Waals surface area (Å²) in [6, 6.07) is 12.8. The largest absolute Gasteiger partial charge is 0.496 e. The van der Waals surface area contributed by atoms with E-state index in [0.717, 1.165) is 43.7 Å². The lowest BCUT2D eigenvalue weighted by Crippen LogP contribution is -2.38. The van der Waals surface area contributed by atoms with E-state index in [1.807, 2.05) is 55.1 Å². The van der Waals surface area contributed by atoms with Crippen molar-refractivity contribution in [1.82, 2.24) is 15.1 Å². The Kier molecular flexibility index (Phi) is 9.78. The molecule has 2 aromatic rings. The second-order valence-electron chi connectivity index (χ2n) is 8.76. The zero-order valence-electron chi connectivity index (χ0n) is 21.2. The van der Waals surface area contributed by atoms with Crippen LogP contribution in [0.2, 0.25) is 0 Å². The summed E-state index contributed by atoms with van der Waals surface area (Å²) in [4.78, 5) is 29.3. The molecule has 8 heteroatoms. The Morgan fingerprint density at radius 1 is 1.00 bits per heavy atom. The Bertz CT molecular complexity index is 989. The van der Waals surface area contributed by atoms with Crippen LogP contribution in [0.25, 0.3) is 0 Å². The van der Waals surface area contributed by atoms with Crippen molar-refractivity contribution >= 4 is 11.8 Å². The molecule has 1 atom stereocenters. The van der Waals surface area contributed by atoms with Crippen LogP contribution >= 0.6 is 0 Å². The normalized spacial score (nSPS) is 14.4. The van der Waals surface area contributed by atoms with Gasteiger partial charge in [0.15, 0.2) is 18.1 Å². The van der Waals surface area contributed by atoms with Gasteiger partial charge in [-0.15, -0.1) is 0 Å². The number of benzene rings is 2. The van der Waals surface area contributed by atoms with E-state index in [0.29, 0.717) is 30.2 Å². The van der Waals surface area contributed by atoms with E-state index in [1.165, 1.54) is 0 Å². The number of hydrogen-bond acceptors (Lipinski definition) is 6. The van der Waals surface area contributed by atoms with Gasteiger partial charge in [0.25, 0.3) is 11.8 Å². The van der Waals surface area contributed by atoms with Crippen LogP contribution in [-0.2, 0) is 4.79 Å². The third kappa shape index (κ3) is 7.11. The summed E-state index contributed by atoms with van der Waals surface area (Å²) in [5.74, 6) is 1.43. The van der Waals surface area contributed by atoms with E-state index >= 15 is 0 Å². The second-order valence-corrected chi connectivity index (χ2v) is 8.76. The van der Waals surface area contributed by atoms with Crippen LogP contribution in [0.3, 0.4) is 0 Å². The summed E-state index contributed by atoms with van der Waals surface area (Å²) in [7, 11) is 5.57. The molecule has 0 saturated carbocycles. The molecule has 0 aromatic heterocycles. The molecular formula is C27H37N3O5. The van der Waals surface area contributed by atoms with Crippen molar-refractivity contribution in [2.24, 2.45) is 0 Å². The number of amides is 2. The zero-order valence-corrected chi connectivity index (χ0v) is 21.2. The van der Waals surface area contributed by atoms with Crippen molar-refractivity contribution < 1.29 is 23.8 Å². The molecule has 0 spiro atoms. The molecule has 1 fully saturated rings. The quantitative estimate of drug-likeness (QED) is 0.527. The first-order chi connectivity index (χ1) is 16.9. The third-order valence-corrected chi connectivity index (χ3v) is 6.14. The predicted octanol–water partition coefficient (Wildman–Crippen LogP) is 3.52. The highest BCUT2D eigenvalue weighted by atomic mass is 16.5. The van der Waals surface area contributed by atoms with E-state index < -0.39 is 0 Å². The summed E-state index contributed by atoms with van der Waals surface area (Å²) < 4.78 is 17.0. The number of nitrogens with one attached hydrogen (secondary N) is 1. The first-order valence-corrected chi connectivity index (χ1v) is 12.2. The van der Waals surface area contributed by atoms with Crippen molar-refractivity contribution in [1.29, 1.82) is 0 Å². The summed E-state index contributed by atoms with van der Waals surface area (Å²) in [6.45, 7) is 4.20. The molecule has 2 amide bonds. The average molecular weight is 484 g/mol. The standard InChI is InChI=1S/C27H37N3O5/c1-5-34-25-17-20(13-14-24(25)35-19-26(31)30-15-9-6-10-16-30)27(32)28-18-22(29(2)3)21-11-7-8-12-23(21)33-4/h7-8,11-14,17,22H,5-6,9-10,15-16,18-19H2,1-4H3,(H,28,32). The maximum Gasteiger partial charge on any atom is 0.260 e. The molecule has 1 unspecified atom stereocenters. The van der Waals surface area contributed by atoms with Crippen LogP contribution in [0.15, 0.2) is 42.5 Å². The summed E-state index contributed by atoms with van der Waals surface area (Å²) in [5.41, 5.74) is 1.46. The van der Waals surface area contributed by atoms with Gasteiger partial charge in [0.1, 0.15) is 5.75 Å². The number of carbonyl (C=O) groups is 2. The van der Waals surface area contributed by atoms with Crippen molar-refractivity contribution in [3.8, 4) is 17.2 Å². The van der Waals surface area contributed by atoms with Gasteiger partial charge in [0.2, 0.25) is 0 Å². The minimum Gasteiger partial charge on any atom is -0.496 e. The number of ether oxygens (including phenoxy) is 3. The fraction of sp³-hybridized carbons (Fsp3) is 0.481. The van der Waals surface area contributed by atoms with Gasteiger partial charge in [-0.05, 0) is 64.5 Å². The topological polar surface area (TPSA) is 80.3 Å². The van der Waals surface area contributed by atoms with E-state index in [1.54, 1.807) is 25.3 Å². The van der Waals surface area contributed by atoms with Crippen LogP contribution in [0.5, 0.6) is 17.2 Å². The van der Waals surface area contributed by atoms with Crippen molar-refractivity contribution in [3.63, 3.8) is 0 Å². The Morgan fingerprint density at radius 2 is 1.74 bits per heavy atom. The molecule has 0 bridgehead atoms. The maximum atomic E-state index is 13.0. The molecule has 3 rings (SSSR count). The number of carbonyl (C=O) groups excluding carboxylic acids is 2. The molecule has 0 aliphatic carbocycles. The monoisotopic (exact) mass is 483 g/mol. The van der Waals surface area contributed by atoms with Crippen LogP contribution in [0, 0.1) is 0 Å². The second kappa shape index (κ2) is 13.0. The fourth-order valence-electron chi connectivity index (χ4n) is 4.21. The molecule has 1 aliphatic heterocycles. The van der Waals surface area contributed by atoms with Crippen molar-refractivity contribution in [2.75, 3.05) is 54.1 Å². The number of piperidine rings is 1. The summed E-state index contributed by atoms with van der Waals surface area (Å²) in [6.07, 6.45) is 3.23. The van der Waals surface area contributed by atoms with Gasteiger partial charge in [-0.1, -0.05) is 18.2 Å². The van der Waals surface area contributed by atoms with E-state index in [2.05, 4.69) is 5.32 Å². The van der Waals surface area contributed by atoms with Crippen LogP contribution in [0.1, 0.15) is 48.1 Å². The number of likely N-dealkylation sites (N-methyl/N-ethyl adjacent to an activating group) is 1. The minimum atomic E-state index is -0.219. The number of rotatable bonds is 11. The molecular weight excluding hydrogens is 446 g/mol. The van der Waals surface area contributed by atoms with Crippen molar-refractivity contribution in [2.45, 2.75) is 32.2 Å². The van der Waals surface area contributed by atoms with Gasteiger partial charge in [0, 0.05) is 30.8 Å². The molecule has 2 aromatic carbocycles. The van der Waals surface area contributed by atoms with Crippen LogP contribution in [-0.4, -0.2) is 75.7 Å². The molecule has 1 aliphatic rings. The molecule has 190 valence electrons. The maximum absolute atomic E-state index is 13.0. The van der Waals surface area contributed by atoms with Gasteiger partial charge in [-0.25, -0.2) is 0 Å². The Balaban J connectivity index is 1.66. The SMILES string of the molecule is CCOc1cc(C(=O)NCC(c2ccccc2OC)N(C)C)ccc1OCC(=O)N1CCCCC1. The van der Waals surface area contributed by atoms with Crippen LogP contribution < -0.4 is 19.5 Å². The highest BCUT2D eigenvalue weighted by Crippen LogP contribution is 2.30. The smallest absolute Gasteiger partial charge is 0.260 e. The van der Waals surface area contributed by atoms with Crippen LogP contribution in [0.4, 0.5) is 0 Å². The number of likely N-dealkylation sites (tertiary alicyclic amines) is 1. The first kappa shape index (κ1) is 26.3. The Hall–Kier alpha value is -3.26. The lowest BCUT2D eigenvalue weighted by atomic mass is 10.0. The van der Waals surface area contributed by atoms with Gasteiger partial charge >= 0.3 is 0 Å². The molecule has 0 radical (unpaired) electrons. The van der Waals surface area contributed by atoms with E-state index in [-0.39, 0.29) is 24.5 Å². The predicted molar refractivity (Wildman–Crippen MR) is 135 cm³/mol. The zero-order chi connectivity index (χ0) is 25.2. The van der Waals surface area contributed by atoms with Gasteiger partial charge in [0.05, 0.1) is 19.8 Å². The van der Waals surface area contributed by atoms with Gasteiger partial charge in [-0.2, -0.15) is 0 Å². The fourth-order valence-corrected chi connectivity index (χ4v) is 4.21. The number of methoxy groups -OCH3 is 1. The summed E-state index contributed by atoms with van der Waals surface area (Å²) in [5, 5.41) is 3.02. The molecule has 8 nitrogen and oxygen atoms in total. The lowest BCUT2D eigenvalue weighted by molar-refractivity contribution is -0.134. The van der Waals surface area contributed by atoms with E-state index in [9.17, 15) is 9.59 Å². The number of nitrogens with zero attached hydrogens (tertiary/aromatic N) is 2. The summed E-state index contributed by atoms with van der Waals surface area (Å²) >= 11 is 0. The van der Waals surface area contributed by atoms with E-state index in [4.69, 9.17) is 14.2 Å². The molecule has 35 heavy (non-hydrogen) atoms. The first-order valence-electron chi connectivity index (χ1n) is 12.2. The molecule has 1 N–H and O–H groups in total. The highest BCUT2D eigenvalue weighted by molar-refractivity contribution is 5.95. The van der Waals surface area contributed by atoms with Gasteiger partial charge < -0.3 is 29.3 Å². The molecule has 1 heterocycles. The average Bonchev–Trinajstić information content (AvgIpc) is 2.88. The Morgan fingerprint density at radius 3 is 2.43 bits per heavy atom. The minimum absolute atomic E-state index is 0.0277. The number of para-hydroxylation sites is 1.